The van der Waals surface area contributed by atoms with Gasteiger partial charge in [-0.25, -0.2) is 13.1 Å². The summed E-state index contributed by atoms with van der Waals surface area (Å²) in [5.74, 6) is 0.435. The Kier molecular flexibility index (Phi) is 8.33. The lowest BCUT2D eigenvalue weighted by Gasteiger charge is -2.33. The van der Waals surface area contributed by atoms with Gasteiger partial charge in [0.05, 0.1) is 4.90 Å². The molecule has 3 aromatic rings. The SMILES string of the molecule is Cc1ccc(S(=O)(=O)NCc2ccc(C(=O)NCCN3CCCC(c4ccccc4)C3)cc2)cc1. The quantitative estimate of drug-likeness (QED) is 0.473. The molecule has 184 valence electrons. The average molecular weight is 492 g/mol. The average Bonchev–Trinajstić information content (AvgIpc) is 2.89. The van der Waals surface area contributed by atoms with Crippen LogP contribution in [0.4, 0.5) is 0 Å². The zero-order valence-electron chi connectivity index (χ0n) is 20.1. The fourth-order valence-corrected chi connectivity index (χ4v) is 5.46. The minimum atomic E-state index is -3.58. The van der Waals surface area contributed by atoms with Gasteiger partial charge in [0, 0.05) is 31.7 Å². The van der Waals surface area contributed by atoms with Gasteiger partial charge in [0.15, 0.2) is 0 Å². The maximum atomic E-state index is 12.6. The van der Waals surface area contributed by atoms with E-state index in [9.17, 15) is 13.2 Å². The molecule has 0 bridgehead atoms. The van der Waals surface area contributed by atoms with Crippen molar-refractivity contribution in [3.8, 4) is 0 Å². The van der Waals surface area contributed by atoms with Crippen molar-refractivity contribution in [2.45, 2.75) is 37.1 Å². The number of nitrogens with one attached hydrogen (secondary N) is 2. The van der Waals surface area contributed by atoms with Gasteiger partial charge in [0.2, 0.25) is 10.0 Å². The van der Waals surface area contributed by atoms with Crippen LogP contribution in [0, 0.1) is 6.92 Å². The van der Waals surface area contributed by atoms with Crippen molar-refractivity contribution in [2.75, 3.05) is 26.2 Å². The summed E-state index contributed by atoms with van der Waals surface area (Å²) in [5.41, 5.74) is 3.75. The van der Waals surface area contributed by atoms with Crippen molar-refractivity contribution in [1.29, 1.82) is 0 Å². The van der Waals surface area contributed by atoms with Crippen LogP contribution in [0.2, 0.25) is 0 Å². The van der Waals surface area contributed by atoms with Crippen LogP contribution in [0.1, 0.15) is 45.8 Å². The molecule has 1 atom stereocenters. The molecule has 0 saturated carbocycles. The number of likely N-dealkylation sites (tertiary alicyclic amines) is 1. The predicted octanol–water partition coefficient (Wildman–Crippen LogP) is 4.08. The number of aryl methyl sites for hydroxylation is 1. The number of rotatable bonds is 9. The standard InChI is InChI=1S/C28H33N3O3S/c1-22-9-15-27(16-10-22)35(33,34)30-20-23-11-13-25(14-12-23)28(32)29-17-19-31-18-5-8-26(21-31)24-6-3-2-4-7-24/h2-4,6-7,9-16,26,30H,5,8,17-21H2,1H3,(H,29,32). The summed E-state index contributed by atoms with van der Waals surface area (Å²) in [5, 5.41) is 3.01. The molecule has 0 spiro atoms. The lowest BCUT2D eigenvalue weighted by atomic mass is 9.91. The van der Waals surface area contributed by atoms with Crippen molar-refractivity contribution >= 4 is 15.9 Å². The van der Waals surface area contributed by atoms with Gasteiger partial charge in [0.1, 0.15) is 0 Å². The molecule has 1 unspecified atom stereocenters. The van der Waals surface area contributed by atoms with Crippen molar-refractivity contribution in [1.82, 2.24) is 14.9 Å². The Morgan fingerprint density at radius 1 is 0.971 bits per heavy atom. The Morgan fingerprint density at radius 2 is 1.69 bits per heavy atom. The summed E-state index contributed by atoms with van der Waals surface area (Å²) in [7, 11) is -3.58. The third-order valence-corrected chi connectivity index (χ3v) is 7.92. The van der Waals surface area contributed by atoms with Gasteiger partial charge < -0.3 is 10.2 Å². The van der Waals surface area contributed by atoms with E-state index in [4.69, 9.17) is 0 Å². The van der Waals surface area contributed by atoms with E-state index in [1.807, 2.05) is 6.92 Å². The molecule has 2 N–H and O–H groups in total. The highest BCUT2D eigenvalue weighted by Crippen LogP contribution is 2.26. The van der Waals surface area contributed by atoms with E-state index in [-0.39, 0.29) is 17.3 Å². The first-order chi connectivity index (χ1) is 16.9. The van der Waals surface area contributed by atoms with Crippen LogP contribution in [0.15, 0.2) is 83.8 Å². The molecule has 35 heavy (non-hydrogen) atoms. The molecule has 1 aliphatic rings. The first-order valence-electron chi connectivity index (χ1n) is 12.1. The molecule has 1 heterocycles. The Hall–Kier alpha value is -3.00. The van der Waals surface area contributed by atoms with Gasteiger partial charge in [0.25, 0.3) is 5.91 Å². The highest BCUT2D eigenvalue weighted by Gasteiger charge is 2.21. The van der Waals surface area contributed by atoms with Crippen LogP contribution < -0.4 is 10.0 Å². The number of amides is 1. The molecule has 3 aromatic carbocycles. The predicted molar refractivity (Wildman–Crippen MR) is 139 cm³/mol. The number of carbonyl (C=O) groups excluding carboxylic acids is 1. The van der Waals surface area contributed by atoms with E-state index in [2.05, 4.69) is 45.3 Å². The molecule has 0 aromatic heterocycles. The van der Waals surface area contributed by atoms with Crippen LogP contribution in [0.5, 0.6) is 0 Å². The summed E-state index contributed by atoms with van der Waals surface area (Å²) < 4.78 is 27.5. The lowest BCUT2D eigenvalue weighted by molar-refractivity contribution is 0.0945. The van der Waals surface area contributed by atoms with Gasteiger partial charge >= 0.3 is 0 Å². The Morgan fingerprint density at radius 3 is 2.40 bits per heavy atom. The number of benzene rings is 3. The first-order valence-corrected chi connectivity index (χ1v) is 13.6. The summed E-state index contributed by atoms with van der Waals surface area (Å²) in [6, 6.07) is 24.4. The summed E-state index contributed by atoms with van der Waals surface area (Å²) in [4.78, 5) is 15.2. The molecule has 1 amide bonds. The van der Waals surface area contributed by atoms with Crippen LogP contribution in [-0.4, -0.2) is 45.4 Å². The monoisotopic (exact) mass is 491 g/mol. The Labute approximate surface area is 208 Å². The van der Waals surface area contributed by atoms with Crippen molar-refractivity contribution in [3.05, 3.63) is 101 Å². The number of nitrogens with zero attached hydrogens (tertiary/aromatic N) is 1. The molecule has 0 radical (unpaired) electrons. The van der Waals surface area contributed by atoms with E-state index in [0.29, 0.717) is 18.0 Å². The van der Waals surface area contributed by atoms with Crippen LogP contribution >= 0.6 is 0 Å². The second kappa shape index (κ2) is 11.6. The van der Waals surface area contributed by atoms with Gasteiger partial charge in [-0.15, -0.1) is 0 Å². The highest BCUT2D eigenvalue weighted by molar-refractivity contribution is 7.89. The fraction of sp³-hybridized carbons (Fsp3) is 0.321. The summed E-state index contributed by atoms with van der Waals surface area (Å²) >= 11 is 0. The van der Waals surface area contributed by atoms with Crippen LogP contribution in [-0.2, 0) is 16.6 Å². The zero-order chi connectivity index (χ0) is 24.7. The molecule has 1 saturated heterocycles. The van der Waals surface area contributed by atoms with Crippen molar-refractivity contribution < 1.29 is 13.2 Å². The second-order valence-electron chi connectivity index (χ2n) is 9.14. The van der Waals surface area contributed by atoms with E-state index >= 15 is 0 Å². The highest BCUT2D eigenvalue weighted by atomic mass is 32.2. The topological polar surface area (TPSA) is 78.5 Å². The van der Waals surface area contributed by atoms with Crippen molar-refractivity contribution in [3.63, 3.8) is 0 Å². The maximum Gasteiger partial charge on any atom is 0.251 e. The van der Waals surface area contributed by atoms with E-state index in [0.717, 1.165) is 30.8 Å². The number of hydrogen-bond donors (Lipinski definition) is 2. The van der Waals surface area contributed by atoms with Crippen molar-refractivity contribution in [2.24, 2.45) is 0 Å². The third kappa shape index (κ3) is 7.01. The van der Waals surface area contributed by atoms with E-state index in [1.54, 1.807) is 48.5 Å². The van der Waals surface area contributed by atoms with Gasteiger partial charge in [-0.2, -0.15) is 0 Å². The normalized spacial score (nSPS) is 16.7. The summed E-state index contributed by atoms with van der Waals surface area (Å²) in [6.45, 7) is 5.58. The smallest absolute Gasteiger partial charge is 0.251 e. The molecule has 4 rings (SSSR count). The molecule has 1 aliphatic heterocycles. The first kappa shape index (κ1) is 25.1. The maximum absolute atomic E-state index is 12.6. The van der Waals surface area contributed by atoms with E-state index in [1.165, 1.54) is 18.4 Å². The zero-order valence-corrected chi connectivity index (χ0v) is 20.9. The number of sulfonamides is 1. The third-order valence-electron chi connectivity index (χ3n) is 6.50. The van der Waals surface area contributed by atoms with Gasteiger partial charge in [-0.1, -0.05) is 60.2 Å². The minimum absolute atomic E-state index is 0.117. The number of hydrogen-bond acceptors (Lipinski definition) is 4. The second-order valence-corrected chi connectivity index (χ2v) is 10.9. The van der Waals surface area contributed by atoms with Gasteiger partial charge in [-0.3, -0.25) is 4.79 Å². The van der Waals surface area contributed by atoms with Gasteiger partial charge in [-0.05, 0) is 67.6 Å². The number of piperidine rings is 1. The Balaban J connectivity index is 1.23. The van der Waals surface area contributed by atoms with Crippen LogP contribution in [0.3, 0.4) is 0 Å². The molecular weight excluding hydrogens is 458 g/mol. The minimum Gasteiger partial charge on any atom is -0.351 e. The molecular formula is C28H33N3O3S. The summed E-state index contributed by atoms with van der Waals surface area (Å²) in [6.07, 6.45) is 2.38. The largest absolute Gasteiger partial charge is 0.351 e. The number of carbonyl (C=O) groups is 1. The molecule has 1 fully saturated rings. The lowest BCUT2D eigenvalue weighted by Crippen LogP contribution is -2.40. The van der Waals surface area contributed by atoms with E-state index < -0.39 is 10.0 Å². The molecule has 6 nitrogen and oxygen atoms in total. The molecule has 0 aliphatic carbocycles. The Bertz CT molecular complexity index is 1210. The molecule has 7 heteroatoms. The fourth-order valence-electron chi connectivity index (χ4n) is 4.44. The van der Waals surface area contributed by atoms with Crippen LogP contribution in [0.25, 0.3) is 0 Å².